The molecule has 0 aromatic heterocycles. The Labute approximate surface area is 143 Å². The zero-order valence-electron chi connectivity index (χ0n) is 12.6. The summed E-state index contributed by atoms with van der Waals surface area (Å²) in [6.07, 6.45) is 8.81. The molecule has 19 heavy (non-hydrogen) atoms. The van der Waals surface area contributed by atoms with Crippen molar-refractivity contribution >= 4 is 0 Å². The van der Waals surface area contributed by atoms with E-state index in [4.69, 9.17) is 0 Å². The van der Waals surface area contributed by atoms with Crippen molar-refractivity contribution < 1.29 is 43.4 Å². The van der Waals surface area contributed by atoms with Gasteiger partial charge in [0.25, 0.3) is 0 Å². The summed E-state index contributed by atoms with van der Waals surface area (Å²) in [7, 11) is 0. The smallest absolute Gasteiger partial charge is 1.00 e. The van der Waals surface area contributed by atoms with E-state index in [2.05, 4.69) is 53.7 Å². The van der Waals surface area contributed by atoms with Gasteiger partial charge in [0.2, 0.25) is 0 Å². The summed E-state index contributed by atoms with van der Waals surface area (Å²) in [5, 5.41) is 0. The van der Waals surface area contributed by atoms with Crippen molar-refractivity contribution in [3.8, 4) is 0 Å². The van der Waals surface area contributed by atoms with Gasteiger partial charge in [0.05, 0.1) is 0 Å². The molecule has 0 aromatic rings. The van der Waals surface area contributed by atoms with Crippen molar-refractivity contribution in [1.82, 2.24) is 0 Å². The van der Waals surface area contributed by atoms with E-state index in [-0.39, 0.29) is 43.4 Å². The molecular formula is C16H22Cl2V. The summed E-state index contributed by atoms with van der Waals surface area (Å²) < 4.78 is 0. The maximum Gasteiger partial charge on any atom is 4.00 e. The van der Waals surface area contributed by atoms with E-state index in [0.29, 0.717) is 0 Å². The molecule has 0 nitrogen and oxygen atoms in total. The van der Waals surface area contributed by atoms with Gasteiger partial charge in [0.15, 0.2) is 0 Å². The molecule has 0 spiro atoms. The fourth-order valence-electron chi connectivity index (χ4n) is 2.00. The molecule has 0 bridgehead atoms. The Hall–Kier alpha value is 0.124. The monoisotopic (exact) mass is 335 g/mol. The van der Waals surface area contributed by atoms with E-state index >= 15 is 0 Å². The van der Waals surface area contributed by atoms with Gasteiger partial charge in [-0.05, 0) is 0 Å². The summed E-state index contributed by atoms with van der Waals surface area (Å²) in [5.74, 6) is 0. The maximum atomic E-state index is 3.26. The van der Waals surface area contributed by atoms with Crippen molar-refractivity contribution in [2.24, 2.45) is 0 Å². The van der Waals surface area contributed by atoms with Gasteiger partial charge in [0.1, 0.15) is 0 Å². The van der Waals surface area contributed by atoms with E-state index in [1.54, 1.807) is 0 Å². The molecule has 0 unspecified atom stereocenters. The van der Waals surface area contributed by atoms with Crippen LogP contribution in [-0.2, 0) is 18.6 Å². The van der Waals surface area contributed by atoms with Crippen LogP contribution in [0.15, 0.2) is 33.4 Å². The van der Waals surface area contributed by atoms with Crippen LogP contribution in [0.4, 0.5) is 0 Å². The number of hydrogen-bond donors (Lipinski definition) is 0. The second-order valence-corrected chi connectivity index (χ2v) is 4.97. The second kappa shape index (κ2) is 10.9. The first-order valence-corrected chi connectivity index (χ1v) is 5.91. The Morgan fingerprint density at radius 2 is 0.895 bits per heavy atom. The van der Waals surface area contributed by atoms with Crippen LogP contribution in [-0.4, -0.2) is 0 Å². The van der Waals surface area contributed by atoms with Gasteiger partial charge in [-0.25, -0.2) is 34.4 Å². The third-order valence-electron chi connectivity index (χ3n) is 3.14. The van der Waals surface area contributed by atoms with Gasteiger partial charge in [-0.15, -0.1) is 13.8 Å². The Balaban J connectivity index is -0.000000233. The molecule has 0 N–H and O–H groups in total. The van der Waals surface area contributed by atoms with Crippen molar-refractivity contribution in [2.45, 2.75) is 54.4 Å². The van der Waals surface area contributed by atoms with Crippen LogP contribution in [0, 0.1) is 12.2 Å². The van der Waals surface area contributed by atoms with Crippen LogP contribution < -0.4 is 24.8 Å². The largest absolute Gasteiger partial charge is 4.00 e. The zero-order chi connectivity index (χ0) is 12.3. The van der Waals surface area contributed by atoms with E-state index in [1.165, 1.54) is 33.4 Å². The van der Waals surface area contributed by atoms with Crippen LogP contribution in [0.5, 0.6) is 0 Å². The van der Waals surface area contributed by atoms with Crippen LogP contribution in [0.2, 0.25) is 0 Å². The van der Waals surface area contributed by atoms with Crippen LogP contribution in [0.3, 0.4) is 0 Å². The minimum atomic E-state index is 0. The summed E-state index contributed by atoms with van der Waals surface area (Å²) in [5.41, 5.74) is 8.37. The molecule has 0 saturated carbocycles. The van der Waals surface area contributed by atoms with E-state index in [0.717, 1.165) is 12.8 Å². The average molecular weight is 336 g/mol. The summed E-state index contributed by atoms with van der Waals surface area (Å²) >= 11 is 0. The molecule has 2 aliphatic rings. The first-order chi connectivity index (χ1) is 7.40. The minimum absolute atomic E-state index is 0. The first-order valence-electron chi connectivity index (χ1n) is 5.91. The topological polar surface area (TPSA) is 0 Å². The first kappa shape index (κ1) is 24.2. The van der Waals surface area contributed by atoms with E-state index in [1.807, 2.05) is 0 Å². The standard InChI is InChI=1S/2C8H11.2ClH.V/c2*1-6-4-7(2)8(3)5-6;;;/h2*4H2,1-3H3;2*1H;/q2*-1;;;+4/p-2. The fraction of sp³-hybridized carbons (Fsp3) is 0.500. The average Bonchev–Trinajstić information content (AvgIpc) is 2.58. The van der Waals surface area contributed by atoms with Gasteiger partial charge in [0, 0.05) is 0 Å². The molecular weight excluding hydrogens is 314 g/mol. The van der Waals surface area contributed by atoms with Gasteiger partial charge in [-0.1, -0.05) is 40.5 Å². The third kappa shape index (κ3) is 8.10. The molecule has 2 rings (SSSR count). The van der Waals surface area contributed by atoms with Crippen LogP contribution in [0.1, 0.15) is 54.4 Å². The van der Waals surface area contributed by atoms with Crippen molar-refractivity contribution in [1.29, 1.82) is 0 Å². The van der Waals surface area contributed by atoms with E-state index in [9.17, 15) is 0 Å². The number of rotatable bonds is 0. The predicted molar refractivity (Wildman–Crippen MR) is 70.8 cm³/mol. The quantitative estimate of drug-likeness (QED) is 0.496. The van der Waals surface area contributed by atoms with Gasteiger partial charge in [-0.2, -0.15) is 11.1 Å². The molecule has 2 aliphatic carbocycles. The number of halogens is 2. The van der Waals surface area contributed by atoms with Gasteiger partial charge < -0.3 is 24.8 Å². The molecule has 0 saturated heterocycles. The fourth-order valence-corrected chi connectivity index (χ4v) is 2.00. The Morgan fingerprint density at radius 3 is 0.947 bits per heavy atom. The predicted octanol–water partition coefficient (Wildman–Crippen LogP) is -1.04. The molecule has 0 atom stereocenters. The maximum absolute atomic E-state index is 3.26. The third-order valence-corrected chi connectivity index (χ3v) is 3.14. The van der Waals surface area contributed by atoms with E-state index < -0.39 is 0 Å². The molecule has 1 radical (unpaired) electrons. The Bertz CT molecular complexity index is 372. The van der Waals surface area contributed by atoms with Crippen LogP contribution in [0.25, 0.3) is 0 Å². The minimum Gasteiger partial charge on any atom is -1.00 e. The molecule has 3 heteroatoms. The molecule has 0 heterocycles. The normalized spacial score (nSPS) is 16.5. The SMILES string of the molecule is CC1=[C-]C(C)=C(C)C1.CC1=[C-]C(C)=C(C)C1.[Cl-].[Cl-].[V+4]. The number of allylic oxidation sites excluding steroid dienone is 8. The second-order valence-electron chi connectivity index (χ2n) is 4.97. The molecule has 0 fully saturated rings. The Morgan fingerprint density at radius 1 is 0.632 bits per heavy atom. The summed E-state index contributed by atoms with van der Waals surface area (Å²) in [6, 6.07) is 0. The van der Waals surface area contributed by atoms with Crippen molar-refractivity contribution in [2.75, 3.05) is 0 Å². The van der Waals surface area contributed by atoms with Crippen molar-refractivity contribution in [3.63, 3.8) is 0 Å². The molecule has 0 aliphatic heterocycles. The van der Waals surface area contributed by atoms with Crippen molar-refractivity contribution in [3.05, 3.63) is 45.6 Å². The molecule has 0 amide bonds. The van der Waals surface area contributed by atoms with Crippen LogP contribution >= 0.6 is 0 Å². The molecule has 0 aromatic carbocycles. The van der Waals surface area contributed by atoms with Gasteiger partial charge >= 0.3 is 18.6 Å². The number of hydrogen-bond acceptors (Lipinski definition) is 0. The summed E-state index contributed by atoms with van der Waals surface area (Å²) in [4.78, 5) is 0. The Kier molecular flexibility index (Phi) is 13.8. The summed E-state index contributed by atoms with van der Waals surface area (Å²) in [6.45, 7) is 12.8. The molecule has 105 valence electrons. The van der Waals surface area contributed by atoms with Gasteiger partial charge in [-0.3, -0.25) is 0 Å². The zero-order valence-corrected chi connectivity index (χ0v) is 15.5.